The fourth-order valence-electron chi connectivity index (χ4n) is 2.44. The van der Waals surface area contributed by atoms with Gasteiger partial charge in [-0.1, -0.05) is 18.9 Å². The van der Waals surface area contributed by atoms with Crippen LogP contribution in [0.3, 0.4) is 0 Å². The number of hydrogen-bond acceptors (Lipinski definition) is 3. The Hall–Kier alpha value is -1.42. The second-order valence-electron chi connectivity index (χ2n) is 4.74. The van der Waals surface area contributed by atoms with Crippen LogP contribution in [0.2, 0.25) is 0 Å². The largest absolute Gasteiger partial charge is 0.349 e. The SMILES string of the molecule is NCC1(NC(=O)Cc2ccccn2)CCCC1. The van der Waals surface area contributed by atoms with Gasteiger partial charge < -0.3 is 11.1 Å². The molecule has 1 aliphatic rings. The van der Waals surface area contributed by atoms with Crippen LogP contribution in [0.4, 0.5) is 0 Å². The van der Waals surface area contributed by atoms with E-state index < -0.39 is 0 Å². The van der Waals surface area contributed by atoms with Crippen molar-refractivity contribution < 1.29 is 4.79 Å². The molecule has 92 valence electrons. The topological polar surface area (TPSA) is 68.0 Å². The molecule has 1 aromatic rings. The predicted octanol–water partition coefficient (Wildman–Crippen LogP) is 1.01. The third-order valence-electron chi connectivity index (χ3n) is 3.42. The van der Waals surface area contributed by atoms with Crippen molar-refractivity contribution in [3.8, 4) is 0 Å². The first kappa shape index (κ1) is 12.0. The van der Waals surface area contributed by atoms with Crippen molar-refractivity contribution >= 4 is 5.91 Å². The molecule has 4 heteroatoms. The Kier molecular flexibility index (Phi) is 3.74. The summed E-state index contributed by atoms with van der Waals surface area (Å²) in [5, 5.41) is 3.09. The van der Waals surface area contributed by atoms with Gasteiger partial charge in [-0.3, -0.25) is 9.78 Å². The summed E-state index contributed by atoms with van der Waals surface area (Å²) >= 11 is 0. The highest BCUT2D eigenvalue weighted by molar-refractivity contribution is 5.79. The molecule has 17 heavy (non-hydrogen) atoms. The number of aromatic nitrogens is 1. The molecule has 0 saturated heterocycles. The van der Waals surface area contributed by atoms with Gasteiger partial charge >= 0.3 is 0 Å². The van der Waals surface area contributed by atoms with Crippen molar-refractivity contribution in [3.05, 3.63) is 30.1 Å². The lowest BCUT2D eigenvalue weighted by Gasteiger charge is -2.28. The van der Waals surface area contributed by atoms with E-state index in [9.17, 15) is 4.79 Å². The smallest absolute Gasteiger partial charge is 0.226 e. The minimum Gasteiger partial charge on any atom is -0.349 e. The number of nitrogens with one attached hydrogen (secondary N) is 1. The third-order valence-corrected chi connectivity index (χ3v) is 3.42. The van der Waals surface area contributed by atoms with Crippen molar-refractivity contribution in [2.24, 2.45) is 5.73 Å². The van der Waals surface area contributed by atoms with E-state index in [-0.39, 0.29) is 11.4 Å². The summed E-state index contributed by atoms with van der Waals surface area (Å²) in [4.78, 5) is 16.1. The van der Waals surface area contributed by atoms with Gasteiger partial charge in [0.15, 0.2) is 0 Å². The van der Waals surface area contributed by atoms with E-state index in [2.05, 4.69) is 10.3 Å². The van der Waals surface area contributed by atoms with Crippen LogP contribution >= 0.6 is 0 Å². The normalized spacial score (nSPS) is 17.9. The van der Waals surface area contributed by atoms with Gasteiger partial charge in [-0.25, -0.2) is 0 Å². The Labute approximate surface area is 102 Å². The fourth-order valence-corrected chi connectivity index (χ4v) is 2.44. The molecule has 1 aromatic heterocycles. The van der Waals surface area contributed by atoms with Crippen LogP contribution in [-0.2, 0) is 11.2 Å². The monoisotopic (exact) mass is 233 g/mol. The van der Waals surface area contributed by atoms with Crippen molar-refractivity contribution in [3.63, 3.8) is 0 Å². The van der Waals surface area contributed by atoms with E-state index in [1.54, 1.807) is 6.20 Å². The highest BCUT2D eigenvalue weighted by atomic mass is 16.1. The maximum atomic E-state index is 11.9. The van der Waals surface area contributed by atoms with Crippen LogP contribution in [0.15, 0.2) is 24.4 Å². The van der Waals surface area contributed by atoms with Crippen LogP contribution in [0.25, 0.3) is 0 Å². The van der Waals surface area contributed by atoms with Crippen LogP contribution in [0.5, 0.6) is 0 Å². The minimum absolute atomic E-state index is 0.0241. The molecule has 0 spiro atoms. The second kappa shape index (κ2) is 5.27. The standard InChI is InChI=1S/C13H19N3O/c14-10-13(6-2-3-7-13)16-12(17)9-11-5-1-4-8-15-11/h1,4-5,8H,2-3,6-7,9-10,14H2,(H,16,17). The van der Waals surface area contributed by atoms with Crippen LogP contribution in [0, 0.1) is 0 Å². The number of carbonyl (C=O) groups is 1. The molecule has 0 aliphatic heterocycles. The number of nitrogens with zero attached hydrogens (tertiary/aromatic N) is 1. The van der Waals surface area contributed by atoms with Crippen molar-refractivity contribution in [2.75, 3.05) is 6.54 Å². The van der Waals surface area contributed by atoms with Gasteiger partial charge in [0, 0.05) is 18.4 Å². The van der Waals surface area contributed by atoms with E-state index in [1.165, 1.54) is 0 Å². The Bertz CT molecular complexity index is 372. The van der Waals surface area contributed by atoms with E-state index in [0.717, 1.165) is 31.4 Å². The average Bonchev–Trinajstić information content (AvgIpc) is 2.79. The zero-order valence-electron chi connectivity index (χ0n) is 9.98. The van der Waals surface area contributed by atoms with Crippen LogP contribution < -0.4 is 11.1 Å². The summed E-state index contributed by atoms with van der Waals surface area (Å²) in [6, 6.07) is 5.60. The Morgan fingerprint density at radius 1 is 1.41 bits per heavy atom. The van der Waals surface area contributed by atoms with Gasteiger partial charge in [0.1, 0.15) is 0 Å². The van der Waals surface area contributed by atoms with Crippen molar-refractivity contribution in [1.82, 2.24) is 10.3 Å². The number of carbonyl (C=O) groups excluding carboxylic acids is 1. The van der Waals surface area contributed by atoms with Gasteiger partial charge in [0.05, 0.1) is 12.0 Å². The first-order valence-corrected chi connectivity index (χ1v) is 6.15. The maximum absolute atomic E-state index is 11.9. The number of rotatable bonds is 4. The highest BCUT2D eigenvalue weighted by Gasteiger charge is 2.33. The molecular formula is C13H19N3O. The van der Waals surface area contributed by atoms with Crippen molar-refractivity contribution in [1.29, 1.82) is 0 Å². The number of amides is 1. The van der Waals surface area contributed by atoms with E-state index >= 15 is 0 Å². The summed E-state index contributed by atoms with van der Waals surface area (Å²) in [5.41, 5.74) is 6.42. The average molecular weight is 233 g/mol. The van der Waals surface area contributed by atoms with E-state index in [0.29, 0.717) is 13.0 Å². The third kappa shape index (κ3) is 3.03. The quantitative estimate of drug-likeness (QED) is 0.815. The minimum atomic E-state index is -0.161. The number of hydrogen-bond donors (Lipinski definition) is 2. The summed E-state index contributed by atoms with van der Waals surface area (Å²) in [6.45, 7) is 0.529. The number of pyridine rings is 1. The highest BCUT2D eigenvalue weighted by Crippen LogP contribution is 2.28. The first-order valence-electron chi connectivity index (χ1n) is 6.15. The van der Waals surface area contributed by atoms with Crippen LogP contribution in [0.1, 0.15) is 31.4 Å². The lowest BCUT2D eigenvalue weighted by atomic mass is 9.97. The second-order valence-corrected chi connectivity index (χ2v) is 4.74. The lowest BCUT2D eigenvalue weighted by Crippen LogP contribution is -2.52. The zero-order chi connectivity index (χ0) is 12.1. The zero-order valence-corrected chi connectivity index (χ0v) is 9.98. The molecule has 0 radical (unpaired) electrons. The molecule has 1 heterocycles. The molecule has 0 atom stereocenters. The summed E-state index contributed by atoms with van der Waals surface area (Å²) in [5.74, 6) is 0.0241. The molecule has 3 N–H and O–H groups in total. The molecular weight excluding hydrogens is 214 g/mol. The Balaban J connectivity index is 1.93. The summed E-state index contributed by atoms with van der Waals surface area (Å²) < 4.78 is 0. The maximum Gasteiger partial charge on any atom is 0.226 e. The van der Waals surface area contributed by atoms with E-state index in [4.69, 9.17) is 5.73 Å². The van der Waals surface area contributed by atoms with Gasteiger partial charge in [0.25, 0.3) is 0 Å². The van der Waals surface area contributed by atoms with Crippen LogP contribution in [-0.4, -0.2) is 23.0 Å². The summed E-state index contributed by atoms with van der Waals surface area (Å²) in [6.07, 6.45) is 6.34. The Morgan fingerprint density at radius 2 is 2.18 bits per heavy atom. The van der Waals surface area contributed by atoms with Gasteiger partial charge in [-0.15, -0.1) is 0 Å². The first-order chi connectivity index (χ1) is 8.24. The molecule has 0 bridgehead atoms. The molecule has 0 aromatic carbocycles. The van der Waals surface area contributed by atoms with Gasteiger partial charge in [-0.2, -0.15) is 0 Å². The molecule has 1 amide bonds. The lowest BCUT2D eigenvalue weighted by molar-refractivity contribution is -0.122. The van der Waals surface area contributed by atoms with Crippen molar-refractivity contribution in [2.45, 2.75) is 37.6 Å². The molecule has 1 fully saturated rings. The predicted molar refractivity (Wildman–Crippen MR) is 66.3 cm³/mol. The summed E-state index contributed by atoms with van der Waals surface area (Å²) in [7, 11) is 0. The molecule has 2 rings (SSSR count). The Morgan fingerprint density at radius 3 is 2.76 bits per heavy atom. The van der Waals surface area contributed by atoms with E-state index in [1.807, 2.05) is 18.2 Å². The number of nitrogens with two attached hydrogens (primary N) is 1. The molecule has 1 saturated carbocycles. The fraction of sp³-hybridized carbons (Fsp3) is 0.538. The molecule has 1 aliphatic carbocycles. The van der Waals surface area contributed by atoms with Gasteiger partial charge in [0.2, 0.25) is 5.91 Å². The molecule has 0 unspecified atom stereocenters. The van der Waals surface area contributed by atoms with Gasteiger partial charge in [-0.05, 0) is 25.0 Å². The molecule has 4 nitrogen and oxygen atoms in total.